The lowest BCUT2D eigenvalue weighted by atomic mass is 9.63. The van der Waals surface area contributed by atoms with Crippen LogP contribution in [0.25, 0.3) is 0 Å². The first-order valence-electron chi connectivity index (χ1n) is 14.7. The zero-order chi connectivity index (χ0) is 29.4. The number of ether oxygens (including phenoxy) is 1. The number of likely N-dealkylation sites (tertiary alicyclic amines) is 1. The first-order chi connectivity index (χ1) is 19.7. The highest BCUT2D eigenvalue weighted by Crippen LogP contribution is 2.47. The number of aromatic nitrogens is 2. The van der Waals surface area contributed by atoms with Gasteiger partial charge in [-0.05, 0) is 63.1 Å². The molecule has 1 aromatic carbocycles. The Morgan fingerprint density at radius 2 is 1.88 bits per heavy atom. The molecule has 11 heteroatoms. The number of aromatic amines is 1. The standard InChI is InChI=1S/C30H41Cl2N5O4/c1-3-41-28(39)30(22-7-5-4-6-8-22)12-15-37(16-13-30)27(38)26(18-21-9-10-24(31)25(32)17-21)36-29(40)33-14-11-23-19-34-20(2)35-23/h9-10,17,19,22,26H,3-8,11-16,18H2,1-2H3,(H,34,35)(H2,33,36,40)/t26-/m1/s1. The molecule has 3 N–H and O–H groups in total. The molecule has 0 radical (unpaired) electrons. The second-order valence-electron chi connectivity index (χ2n) is 11.2. The van der Waals surface area contributed by atoms with Crippen LogP contribution in [0.3, 0.4) is 0 Å². The Morgan fingerprint density at radius 1 is 1.15 bits per heavy atom. The molecule has 2 fully saturated rings. The number of carbonyl (C=O) groups is 3. The Bertz CT molecular complexity index is 1210. The molecule has 224 valence electrons. The summed E-state index contributed by atoms with van der Waals surface area (Å²) in [7, 11) is 0. The van der Waals surface area contributed by atoms with Gasteiger partial charge in [-0.15, -0.1) is 0 Å². The van der Waals surface area contributed by atoms with Gasteiger partial charge in [0.2, 0.25) is 5.91 Å². The highest BCUT2D eigenvalue weighted by molar-refractivity contribution is 6.42. The molecule has 1 aromatic heterocycles. The maximum absolute atomic E-state index is 13.9. The molecular formula is C30H41Cl2N5O4. The number of piperidine rings is 1. The van der Waals surface area contributed by atoms with E-state index in [4.69, 9.17) is 27.9 Å². The molecule has 1 saturated carbocycles. The summed E-state index contributed by atoms with van der Waals surface area (Å²) in [5.41, 5.74) is 1.15. The number of urea groups is 1. The molecule has 9 nitrogen and oxygen atoms in total. The van der Waals surface area contributed by atoms with E-state index < -0.39 is 17.5 Å². The van der Waals surface area contributed by atoms with E-state index >= 15 is 0 Å². The number of amides is 3. The Kier molecular flexibility index (Phi) is 10.9. The highest BCUT2D eigenvalue weighted by Gasteiger charge is 2.49. The van der Waals surface area contributed by atoms with Gasteiger partial charge < -0.3 is 25.3 Å². The van der Waals surface area contributed by atoms with Gasteiger partial charge >= 0.3 is 12.0 Å². The van der Waals surface area contributed by atoms with E-state index in [1.807, 2.05) is 13.8 Å². The van der Waals surface area contributed by atoms with Crippen LogP contribution in [0.5, 0.6) is 0 Å². The van der Waals surface area contributed by atoms with Crippen molar-refractivity contribution in [1.82, 2.24) is 25.5 Å². The maximum atomic E-state index is 13.9. The van der Waals surface area contributed by atoms with Crippen LogP contribution < -0.4 is 10.6 Å². The number of halogens is 2. The van der Waals surface area contributed by atoms with Crippen LogP contribution in [-0.2, 0) is 27.2 Å². The summed E-state index contributed by atoms with van der Waals surface area (Å²) in [5.74, 6) is 0.781. The summed E-state index contributed by atoms with van der Waals surface area (Å²) in [5, 5.41) is 6.54. The first kappa shape index (κ1) is 31.2. The number of rotatable bonds is 10. The van der Waals surface area contributed by atoms with Gasteiger partial charge in [0.1, 0.15) is 11.9 Å². The SMILES string of the molecule is CCOC(=O)C1(C2CCCCC2)CCN(C(=O)[C@@H](Cc2ccc(Cl)c(Cl)c2)NC(=O)NCCc2cnc(C)[nH]2)CC1. The van der Waals surface area contributed by atoms with Gasteiger partial charge in [0.05, 0.1) is 22.1 Å². The number of nitrogens with one attached hydrogen (secondary N) is 3. The van der Waals surface area contributed by atoms with Crippen molar-refractivity contribution in [3.63, 3.8) is 0 Å². The second kappa shape index (κ2) is 14.4. The average molecular weight is 607 g/mol. The molecule has 0 spiro atoms. The van der Waals surface area contributed by atoms with Crippen LogP contribution in [0, 0.1) is 18.3 Å². The molecule has 3 amide bonds. The van der Waals surface area contributed by atoms with Crippen molar-refractivity contribution < 1.29 is 19.1 Å². The number of imidazole rings is 1. The molecule has 2 aliphatic rings. The number of nitrogens with zero attached hydrogens (tertiary/aromatic N) is 2. The maximum Gasteiger partial charge on any atom is 0.315 e. The third-order valence-electron chi connectivity index (χ3n) is 8.50. The minimum atomic E-state index is -0.814. The molecular weight excluding hydrogens is 565 g/mol. The lowest BCUT2D eigenvalue weighted by Gasteiger charge is -2.46. The van der Waals surface area contributed by atoms with Crippen molar-refractivity contribution in [3.05, 3.63) is 51.5 Å². The third-order valence-corrected chi connectivity index (χ3v) is 9.24. The third kappa shape index (κ3) is 7.95. The van der Waals surface area contributed by atoms with Crippen molar-refractivity contribution in [2.75, 3.05) is 26.2 Å². The molecule has 1 saturated heterocycles. The van der Waals surface area contributed by atoms with Gasteiger partial charge in [-0.25, -0.2) is 9.78 Å². The number of esters is 1. The van der Waals surface area contributed by atoms with Crippen LogP contribution >= 0.6 is 23.2 Å². The van der Waals surface area contributed by atoms with Crippen molar-refractivity contribution in [2.45, 2.75) is 77.7 Å². The Labute approximate surface area is 252 Å². The number of H-pyrrole nitrogens is 1. The van der Waals surface area contributed by atoms with Crippen molar-refractivity contribution in [2.24, 2.45) is 11.3 Å². The molecule has 1 aliphatic heterocycles. The van der Waals surface area contributed by atoms with Gasteiger partial charge in [0, 0.05) is 44.4 Å². The molecule has 2 heterocycles. The number of hydrogen-bond donors (Lipinski definition) is 3. The van der Waals surface area contributed by atoms with Crippen LogP contribution in [0.4, 0.5) is 4.79 Å². The van der Waals surface area contributed by atoms with Crippen LogP contribution in [0.2, 0.25) is 10.0 Å². The minimum Gasteiger partial charge on any atom is -0.466 e. The Balaban J connectivity index is 1.44. The predicted octanol–water partition coefficient (Wildman–Crippen LogP) is 5.23. The first-order valence-corrected chi connectivity index (χ1v) is 15.4. The molecule has 1 atom stereocenters. The zero-order valence-electron chi connectivity index (χ0n) is 23.9. The van der Waals surface area contributed by atoms with E-state index in [0.717, 1.165) is 42.8 Å². The Morgan fingerprint density at radius 3 is 2.51 bits per heavy atom. The fourth-order valence-electron chi connectivity index (χ4n) is 6.28. The fourth-order valence-corrected chi connectivity index (χ4v) is 6.60. The monoisotopic (exact) mass is 605 g/mol. The normalized spacial score (nSPS) is 18.0. The smallest absolute Gasteiger partial charge is 0.315 e. The average Bonchev–Trinajstić information content (AvgIpc) is 3.39. The zero-order valence-corrected chi connectivity index (χ0v) is 25.5. The predicted molar refractivity (Wildman–Crippen MR) is 159 cm³/mol. The Hall–Kier alpha value is -2.78. The number of aryl methyl sites for hydroxylation is 1. The summed E-state index contributed by atoms with van der Waals surface area (Å²) in [4.78, 5) is 49.1. The van der Waals surface area contributed by atoms with Crippen LogP contribution in [0.15, 0.2) is 24.4 Å². The molecule has 1 aliphatic carbocycles. The van der Waals surface area contributed by atoms with Crippen molar-refractivity contribution in [3.8, 4) is 0 Å². The van der Waals surface area contributed by atoms with E-state index in [0.29, 0.717) is 55.5 Å². The molecule has 2 aromatic rings. The lowest BCUT2D eigenvalue weighted by molar-refractivity contribution is -0.166. The quantitative estimate of drug-likeness (QED) is 0.321. The topological polar surface area (TPSA) is 116 Å². The lowest BCUT2D eigenvalue weighted by Crippen LogP contribution is -2.56. The summed E-state index contributed by atoms with van der Waals surface area (Å²) in [6.45, 7) is 5.32. The summed E-state index contributed by atoms with van der Waals surface area (Å²) >= 11 is 12.3. The van der Waals surface area contributed by atoms with Gasteiger partial charge in [-0.1, -0.05) is 48.5 Å². The molecule has 0 unspecified atom stereocenters. The van der Waals surface area contributed by atoms with Crippen LogP contribution in [0.1, 0.15) is 69.0 Å². The minimum absolute atomic E-state index is 0.128. The molecule has 41 heavy (non-hydrogen) atoms. The fraction of sp³-hybridized carbons (Fsp3) is 0.600. The highest BCUT2D eigenvalue weighted by atomic mass is 35.5. The van der Waals surface area contributed by atoms with E-state index in [-0.39, 0.29) is 24.2 Å². The van der Waals surface area contributed by atoms with Gasteiger partial charge in [-0.3, -0.25) is 9.59 Å². The number of hydrogen-bond acceptors (Lipinski definition) is 5. The van der Waals surface area contributed by atoms with Crippen molar-refractivity contribution >= 4 is 41.1 Å². The van der Waals surface area contributed by atoms with Crippen LogP contribution in [-0.4, -0.2) is 65.1 Å². The number of benzene rings is 1. The summed E-state index contributed by atoms with van der Waals surface area (Å²) in [6, 6.07) is 3.97. The van der Waals surface area contributed by atoms with Gasteiger partial charge in [-0.2, -0.15) is 0 Å². The second-order valence-corrected chi connectivity index (χ2v) is 12.0. The van der Waals surface area contributed by atoms with Gasteiger partial charge in [0.15, 0.2) is 0 Å². The van der Waals surface area contributed by atoms with E-state index in [1.165, 1.54) is 6.42 Å². The van der Waals surface area contributed by atoms with E-state index in [2.05, 4.69) is 20.6 Å². The van der Waals surface area contributed by atoms with E-state index in [1.54, 1.807) is 29.3 Å². The summed E-state index contributed by atoms with van der Waals surface area (Å²) in [6.07, 6.45) is 9.21. The number of carbonyl (C=O) groups excluding carboxylic acids is 3. The summed E-state index contributed by atoms with van der Waals surface area (Å²) < 4.78 is 5.57. The van der Waals surface area contributed by atoms with Crippen molar-refractivity contribution in [1.29, 1.82) is 0 Å². The van der Waals surface area contributed by atoms with Gasteiger partial charge in [0.25, 0.3) is 0 Å². The molecule has 0 bridgehead atoms. The molecule has 4 rings (SSSR count). The largest absolute Gasteiger partial charge is 0.466 e. The van der Waals surface area contributed by atoms with E-state index in [9.17, 15) is 14.4 Å².